The summed E-state index contributed by atoms with van der Waals surface area (Å²) in [5.74, 6) is 3.43. The number of amides is 2. The van der Waals surface area contributed by atoms with E-state index < -0.39 is 0 Å². The highest BCUT2D eigenvalue weighted by atomic mass is 32.2. The molecule has 98 valence electrons. The Balaban J connectivity index is 1.82. The molecule has 0 saturated carbocycles. The highest BCUT2D eigenvalue weighted by molar-refractivity contribution is 8.00. The number of carbonyl (C=O) groups is 1. The number of urea groups is 1. The maximum atomic E-state index is 12.2. The minimum atomic E-state index is 0.148. The van der Waals surface area contributed by atoms with Crippen molar-refractivity contribution in [3.63, 3.8) is 0 Å². The monoisotopic (exact) mass is 274 g/mol. The molecule has 0 bridgehead atoms. The molecule has 0 spiro atoms. The van der Waals surface area contributed by atoms with Crippen molar-refractivity contribution in [3.05, 3.63) is 0 Å². The largest absolute Gasteiger partial charge is 0.335 e. The molecule has 2 aliphatic rings. The second-order valence-corrected chi connectivity index (χ2v) is 8.39. The van der Waals surface area contributed by atoms with Crippen LogP contribution in [0.25, 0.3) is 0 Å². The third-order valence-electron chi connectivity index (χ3n) is 3.26. The van der Waals surface area contributed by atoms with Gasteiger partial charge in [0.15, 0.2) is 0 Å². The summed E-state index contributed by atoms with van der Waals surface area (Å²) >= 11 is 3.96. The van der Waals surface area contributed by atoms with Crippen LogP contribution in [0.3, 0.4) is 0 Å². The average Bonchev–Trinajstić information content (AvgIpc) is 2.29. The van der Waals surface area contributed by atoms with Crippen molar-refractivity contribution in [2.45, 2.75) is 37.5 Å². The van der Waals surface area contributed by atoms with Crippen LogP contribution in [0.2, 0.25) is 0 Å². The quantitative estimate of drug-likeness (QED) is 0.797. The summed E-state index contributed by atoms with van der Waals surface area (Å²) in [5.41, 5.74) is 0. The van der Waals surface area contributed by atoms with Crippen LogP contribution in [0.1, 0.15) is 26.7 Å². The van der Waals surface area contributed by atoms with Gasteiger partial charge in [0, 0.05) is 29.6 Å². The van der Waals surface area contributed by atoms with Crippen molar-refractivity contribution in [2.75, 3.05) is 30.3 Å². The summed E-state index contributed by atoms with van der Waals surface area (Å²) in [6.45, 7) is 6.19. The molecule has 0 aromatic carbocycles. The molecule has 0 atom stereocenters. The fraction of sp³-hybridized carbons (Fsp3) is 0.917. The highest BCUT2D eigenvalue weighted by Crippen LogP contribution is 2.29. The molecule has 5 heteroatoms. The Morgan fingerprint density at radius 1 is 1.29 bits per heavy atom. The van der Waals surface area contributed by atoms with E-state index in [-0.39, 0.29) is 10.8 Å². The molecule has 2 fully saturated rings. The van der Waals surface area contributed by atoms with Crippen LogP contribution >= 0.6 is 23.5 Å². The first-order valence-electron chi connectivity index (χ1n) is 6.34. The summed E-state index contributed by atoms with van der Waals surface area (Å²) in [6, 6.07) is 0.553. The number of thioether (sulfide) groups is 2. The molecule has 2 heterocycles. The SMILES string of the molecule is CC1(C)CN(C(=O)NC2CCSCC2)CCS1. The lowest BCUT2D eigenvalue weighted by Gasteiger charge is -2.38. The van der Waals surface area contributed by atoms with Gasteiger partial charge in [-0.2, -0.15) is 23.5 Å². The van der Waals surface area contributed by atoms with Crippen molar-refractivity contribution in [2.24, 2.45) is 0 Å². The van der Waals surface area contributed by atoms with Gasteiger partial charge in [-0.15, -0.1) is 0 Å². The van der Waals surface area contributed by atoms with Gasteiger partial charge < -0.3 is 10.2 Å². The zero-order valence-electron chi connectivity index (χ0n) is 10.7. The van der Waals surface area contributed by atoms with Crippen LogP contribution in [0.5, 0.6) is 0 Å². The number of hydrogen-bond donors (Lipinski definition) is 1. The lowest BCUT2D eigenvalue weighted by Crippen LogP contribution is -2.52. The minimum absolute atomic E-state index is 0.148. The maximum absolute atomic E-state index is 12.2. The first kappa shape index (κ1) is 13.4. The van der Waals surface area contributed by atoms with Crippen molar-refractivity contribution >= 4 is 29.6 Å². The number of nitrogens with zero attached hydrogens (tertiary/aromatic N) is 1. The summed E-state index contributed by atoms with van der Waals surface area (Å²) in [5, 5.41) is 3.19. The summed E-state index contributed by atoms with van der Waals surface area (Å²) in [6.07, 6.45) is 2.25. The standard InChI is InChI=1S/C12H22N2OS2/c1-12(2)9-14(5-8-17-12)11(15)13-10-3-6-16-7-4-10/h10H,3-9H2,1-2H3,(H,13,15). The molecule has 0 unspecified atom stereocenters. The van der Waals surface area contributed by atoms with Gasteiger partial charge in [-0.05, 0) is 38.2 Å². The van der Waals surface area contributed by atoms with E-state index in [1.165, 1.54) is 11.5 Å². The van der Waals surface area contributed by atoms with Crippen LogP contribution < -0.4 is 5.32 Å². The van der Waals surface area contributed by atoms with Gasteiger partial charge in [-0.25, -0.2) is 4.79 Å². The Morgan fingerprint density at radius 2 is 2.00 bits per heavy atom. The predicted molar refractivity (Wildman–Crippen MR) is 77.0 cm³/mol. The lowest BCUT2D eigenvalue weighted by molar-refractivity contribution is 0.190. The maximum Gasteiger partial charge on any atom is 0.317 e. The first-order chi connectivity index (χ1) is 8.07. The number of hydrogen-bond acceptors (Lipinski definition) is 3. The van der Waals surface area contributed by atoms with Crippen LogP contribution in [0.4, 0.5) is 4.79 Å². The fourth-order valence-electron chi connectivity index (χ4n) is 2.30. The van der Waals surface area contributed by atoms with E-state index >= 15 is 0 Å². The van der Waals surface area contributed by atoms with Crippen molar-refractivity contribution < 1.29 is 4.79 Å². The van der Waals surface area contributed by atoms with Crippen molar-refractivity contribution in [1.29, 1.82) is 0 Å². The Hall–Kier alpha value is -0.0300. The van der Waals surface area contributed by atoms with Gasteiger partial charge in [-0.1, -0.05) is 0 Å². The zero-order valence-corrected chi connectivity index (χ0v) is 12.3. The van der Waals surface area contributed by atoms with E-state index in [1.54, 1.807) is 0 Å². The molecule has 0 aromatic heterocycles. The van der Waals surface area contributed by atoms with E-state index in [0.717, 1.165) is 31.7 Å². The molecule has 2 aliphatic heterocycles. The minimum Gasteiger partial charge on any atom is -0.335 e. The molecule has 0 aromatic rings. The molecular formula is C12H22N2OS2. The van der Waals surface area contributed by atoms with Gasteiger partial charge in [0.05, 0.1) is 0 Å². The van der Waals surface area contributed by atoms with Gasteiger partial charge in [0.2, 0.25) is 0 Å². The average molecular weight is 274 g/mol. The number of nitrogens with one attached hydrogen (secondary N) is 1. The van der Waals surface area contributed by atoms with Crippen LogP contribution in [-0.2, 0) is 0 Å². The molecule has 2 saturated heterocycles. The van der Waals surface area contributed by atoms with Crippen LogP contribution in [0, 0.1) is 0 Å². The lowest BCUT2D eigenvalue weighted by atomic mass is 10.1. The van der Waals surface area contributed by atoms with Crippen LogP contribution in [0.15, 0.2) is 0 Å². The number of rotatable bonds is 1. The van der Waals surface area contributed by atoms with Crippen LogP contribution in [-0.4, -0.2) is 52.1 Å². The first-order valence-corrected chi connectivity index (χ1v) is 8.48. The number of carbonyl (C=O) groups excluding carboxylic acids is 1. The molecule has 1 N–H and O–H groups in total. The molecule has 0 aliphatic carbocycles. The molecular weight excluding hydrogens is 252 g/mol. The predicted octanol–water partition coefficient (Wildman–Crippen LogP) is 2.42. The topological polar surface area (TPSA) is 32.3 Å². The second-order valence-electron chi connectivity index (χ2n) is 5.37. The van der Waals surface area contributed by atoms with E-state index in [0.29, 0.717) is 6.04 Å². The molecule has 3 nitrogen and oxygen atoms in total. The zero-order chi connectivity index (χ0) is 12.3. The molecule has 2 amide bonds. The summed E-state index contributed by atoms with van der Waals surface area (Å²) in [7, 11) is 0. The normalized spacial score (nSPS) is 25.6. The van der Waals surface area contributed by atoms with E-state index in [1.807, 2.05) is 28.4 Å². The summed E-state index contributed by atoms with van der Waals surface area (Å²) in [4.78, 5) is 14.1. The van der Waals surface area contributed by atoms with Gasteiger partial charge in [0.25, 0.3) is 0 Å². The van der Waals surface area contributed by atoms with Crippen molar-refractivity contribution in [1.82, 2.24) is 10.2 Å². The smallest absolute Gasteiger partial charge is 0.317 e. The highest BCUT2D eigenvalue weighted by Gasteiger charge is 2.30. The molecule has 17 heavy (non-hydrogen) atoms. The van der Waals surface area contributed by atoms with E-state index in [4.69, 9.17) is 0 Å². The summed E-state index contributed by atoms with van der Waals surface area (Å²) < 4.78 is 0.206. The Kier molecular flexibility index (Phi) is 4.53. The van der Waals surface area contributed by atoms with Gasteiger partial charge in [0.1, 0.15) is 0 Å². The Morgan fingerprint density at radius 3 is 2.65 bits per heavy atom. The fourth-order valence-corrected chi connectivity index (χ4v) is 4.52. The Bertz CT molecular complexity index is 278. The van der Waals surface area contributed by atoms with Crippen molar-refractivity contribution in [3.8, 4) is 0 Å². The van der Waals surface area contributed by atoms with E-state index in [9.17, 15) is 4.79 Å². The van der Waals surface area contributed by atoms with Gasteiger partial charge >= 0.3 is 6.03 Å². The van der Waals surface area contributed by atoms with E-state index in [2.05, 4.69) is 19.2 Å². The van der Waals surface area contributed by atoms with Gasteiger partial charge in [-0.3, -0.25) is 0 Å². The second kappa shape index (κ2) is 5.74. The molecule has 0 radical (unpaired) electrons. The third-order valence-corrected chi connectivity index (χ3v) is 5.61. The molecule has 2 rings (SSSR count). The Labute approximate surface area is 112 Å². The third kappa shape index (κ3) is 3.98.